The summed E-state index contributed by atoms with van der Waals surface area (Å²) in [7, 11) is 0. The quantitative estimate of drug-likeness (QED) is 0.918. The minimum absolute atomic E-state index is 0.353. The fraction of sp³-hybridized carbons (Fsp3) is 0.588. The summed E-state index contributed by atoms with van der Waals surface area (Å²) in [5.74, 6) is 0.740. The molecule has 2 unspecified atom stereocenters. The van der Waals surface area contributed by atoms with Gasteiger partial charge < -0.3 is 10.6 Å². The predicted molar refractivity (Wildman–Crippen MR) is 80.5 cm³/mol. The lowest BCUT2D eigenvalue weighted by Gasteiger charge is -2.26. The summed E-state index contributed by atoms with van der Waals surface area (Å²) in [6.45, 7) is 1.64. The van der Waals surface area contributed by atoms with Crippen molar-refractivity contribution in [1.29, 1.82) is 0 Å². The molecular formula is C17H24N2O. The predicted octanol–water partition coefficient (Wildman–Crippen LogP) is 2.45. The molecule has 3 rings (SSSR count). The van der Waals surface area contributed by atoms with Gasteiger partial charge in [0.1, 0.15) is 0 Å². The monoisotopic (exact) mass is 272 g/mol. The third-order valence-electron chi connectivity index (χ3n) is 4.79. The second kappa shape index (κ2) is 5.96. The molecule has 2 fully saturated rings. The first-order valence-electron chi connectivity index (χ1n) is 7.88. The van der Waals surface area contributed by atoms with Crippen LogP contribution < -0.4 is 5.73 Å². The Kier molecular flexibility index (Phi) is 4.06. The molecule has 0 aliphatic carbocycles. The molecule has 2 aliphatic rings. The second-order valence-electron chi connectivity index (χ2n) is 6.10. The normalized spacial score (nSPS) is 26.4. The zero-order valence-electron chi connectivity index (χ0n) is 12.1. The molecule has 108 valence electrons. The van der Waals surface area contributed by atoms with Crippen LogP contribution in [0.4, 0.5) is 0 Å². The van der Waals surface area contributed by atoms with Gasteiger partial charge in [-0.2, -0.15) is 0 Å². The van der Waals surface area contributed by atoms with Gasteiger partial charge in [0.05, 0.1) is 0 Å². The smallest absolute Gasteiger partial charge is 0.223 e. The number of carbonyl (C=O) groups is 1. The summed E-state index contributed by atoms with van der Waals surface area (Å²) < 4.78 is 0. The molecule has 0 radical (unpaired) electrons. The van der Waals surface area contributed by atoms with E-state index in [2.05, 4.69) is 29.2 Å². The Morgan fingerprint density at radius 2 is 2.15 bits per heavy atom. The molecular weight excluding hydrogens is 248 g/mol. The lowest BCUT2D eigenvalue weighted by molar-refractivity contribution is -0.128. The van der Waals surface area contributed by atoms with E-state index >= 15 is 0 Å². The number of hydrogen-bond acceptors (Lipinski definition) is 2. The topological polar surface area (TPSA) is 46.3 Å². The van der Waals surface area contributed by atoms with Gasteiger partial charge in [0, 0.05) is 24.9 Å². The summed E-state index contributed by atoms with van der Waals surface area (Å²) in [6.07, 6.45) is 6.47. The fourth-order valence-corrected chi connectivity index (χ4v) is 3.79. The molecule has 1 aromatic carbocycles. The number of fused-ring (bicyclic) bond motifs is 1. The number of rotatable bonds is 3. The highest BCUT2D eigenvalue weighted by molar-refractivity contribution is 5.80. The molecule has 1 amide bonds. The van der Waals surface area contributed by atoms with Crippen LogP contribution in [0.5, 0.6) is 0 Å². The van der Waals surface area contributed by atoms with Crippen molar-refractivity contribution in [2.75, 3.05) is 13.1 Å². The highest BCUT2D eigenvalue weighted by Gasteiger charge is 2.40. The van der Waals surface area contributed by atoms with E-state index in [0.29, 0.717) is 30.8 Å². The Hall–Kier alpha value is -1.35. The van der Waals surface area contributed by atoms with Crippen molar-refractivity contribution in [1.82, 2.24) is 4.90 Å². The maximum atomic E-state index is 12.3. The van der Waals surface area contributed by atoms with Gasteiger partial charge in [0.2, 0.25) is 5.91 Å². The standard InChI is InChI=1S/C17H24N2O/c18-9-8-13-5-4-6-14(11-13)15-12-17(20)19-10-3-1-2-7-16(15)19/h4-6,11,15-16H,1-3,7-10,12,18H2. The van der Waals surface area contributed by atoms with Crippen LogP contribution in [-0.4, -0.2) is 29.9 Å². The minimum atomic E-state index is 0.353. The number of nitrogens with two attached hydrogens (primary N) is 1. The van der Waals surface area contributed by atoms with E-state index in [9.17, 15) is 4.79 Å². The van der Waals surface area contributed by atoms with Crippen LogP contribution in [0, 0.1) is 0 Å². The molecule has 2 heterocycles. The van der Waals surface area contributed by atoms with Crippen LogP contribution >= 0.6 is 0 Å². The van der Waals surface area contributed by atoms with Crippen LogP contribution in [0.1, 0.15) is 49.1 Å². The van der Waals surface area contributed by atoms with Crippen molar-refractivity contribution in [3.63, 3.8) is 0 Å². The molecule has 2 saturated heterocycles. The largest absolute Gasteiger partial charge is 0.339 e. The molecule has 2 atom stereocenters. The Morgan fingerprint density at radius 3 is 3.00 bits per heavy atom. The van der Waals surface area contributed by atoms with Crippen molar-refractivity contribution in [2.45, 2.75) is 50.5 Å². The van der Waals surface area contributed by atoms with Crippen molar-refractivity contribution >= 4 is 5.91 Å². The number of benzene rings is 1. The van der Waals surface area contributed by atoms with E-state index in [-0.39, 0.29) is 0 Å². The number of hydrogen-bond donors (Lipinski definition) is 1. The van der Waals surface area contributed by atoms with Gasteiger partial charge >= 0.3 is 0 Å². The summed E-state index contributed by atoms with van der Waals surface area (Å²) in [4.78, 5) is 14.4. The average Bonchev–Trinajstić information content (AvgIpc) is 2.65. The molecule has 3 nitrogen and oxygen atoms in total. The van der Waals surface area contributed by atoms with Crippen LogP contribution in [0.3, 0.4) is 0 Å². The van der Waals surface area contributed by atoms with Crippen molar-refractivity contribution < 1.29 is 4.79 Å². The van der Waals surface area contributed by atoms with Gasteiger partial charge in [-0.1, -0.05) is 37.1 Å². The zero-order chi connectivity index (χ0) is 13.9. The molecule has 0 spiro atoms. The van der Waals surface area contributed by atoms with Crippen molar-refractivity contribution in [2.24, 2.45) is 5.73 Å². The lowest BCUT2D eigenvalue weighted by atomic mass is 9.88. The fourth-order valence-electron chi connectivity index (χ4n) is 3.79. The highest BCUT2D eigenvalue weighted by atomic mass is 16.2. The van der Waals surface area contributed by atoms with E-state index < -0.39 is 0 Å². The Balaban J connectivity index is 1.85. The number of nitrogens with zero attached hydrogens (tertiary/aromatic N) is 1. The first kappa shape index (κ1) is 13.6. The van der Waals surface area contributed by atoms with Gasteiger partial charge in [0.15, 0.2) is 0 Å². The van der Waals surface area contributed by atoms with Crippen molar-refractivity contribution in [3.05, 3.63) is 35.4 Å². The van der Waals surface area contributed by atoms with Gasteiger partial charge in [-0.25, -0.2) is 0 Å². The number of carbonyl (C=O) groups excluding carboxylic acids is 1. The molecule has 0 saturated carbocycles. The first-order valence-corrected chi connectivity index (χ1v) is 7.88. The third kappa shape index (κ3) is 2.59. The minimum Gasteiger partial charge on any atom is -0.339 e. The SMILES string of the molecule is NCCc1cccc(C2CC(=O)N3CCCCCC23)c1. The number of amides is 1. The molecule has 20 heavy (non-hydrogen) atoms. The molecule has 1 aromatic rings. The van der Waals surface area contributed by atoms with Crippen LogP contribution in [0.2, 0.25) is 0 Å². The second-order valence-corrected chi connectivity index (χ2v) is 6.10. The first-order chi connectivity index (χ1) is 9.79. The molecule has 0 aromatic heterocycles. The lowest BCUT2D eigenvalue weighted by Crippen LogP contribution is -2.34. The highest BCUT2D eigenvalue weighted by Crippen LogP contribution is 2.38. The van der Waals surface area contributed by atoms with Gasteiger partial charge in [-0.05, 0) is 36.9 Å². The van der Waals surface area contributed by atoms with E-state index in [1.807, 2.05) is 0 Å². The van der Waals surface area contributed by atoms with Crippen LogP contribution in [0.25, 0.3) is 0 Å². The van der Waals surface area contributed by atoms with Crippen molar-refractivity contribution in [3.8, 4) is 0 Å². The molecule has 3 heteroatoms. The zero-order valence-corrected chi connectivity index (χ0v) is 12.1. The Labute approximate surface area is 121 Å². The molecule has 0 bridgehead atoms. The van der Waals surface area contributed by atoms with Gasteiger partial charge in [-0.15, -0.1) is 0 Å². The van der Waals surface area contributed by atoms with Gasteiger partial charge in [0.25, 0.3) is 0 Å². The summed E-state index contributed by atoms with van der Waals surface area (Å²) in [6, 6.07) is 9.13. The summed E-state index contributed by atoms with van der Waals surface area (Å²) in [5, 5.41) is 0. The van der Waals surface area contributed by atoms with Gasteiger partial charge in [-0.3, -0.25) is 4.79 Å². The van der Waals surface area contributed by atoms with Crippen LogP contribution in [0.15, 0.2) is 24.3 Å². The van der Waals surface area contributed by atoms with E-state index in [1.165, 1.54) is 30.4 Å². The molecule has 2 aliphatic heterocycles. The maximum Gasteiger partial charge on any atom is 0.223 e. The van der Waals surface area contributed by atoms with Crippen LogP contribution in [-0.2, 0) is 11.2 Å². The van der Waals surface area contributed by atoms with E-state index in [0.717, 1.165) is 19.4 Å². The summed E-state index contributed by atoms with van der Waals surface area (Å²) in [5.41, 5.74) is 8.28. The Bertz CT molecular complexity index is 486. The molecule has 2 N–H and O–H groups in total. The van der Waals surface area contributed by atoms with E-state index in [1.54, 1.807) is 0 Å². The Morgan fingerprint density at radius 1 is 1.25 bits per heavy atom. The third-order valence-corrected chi connectivity index (χ3v) is 4.79. The van der Waals surface area contributed by atoms with E-state index in [4.69, 9.17) is 5.73 Å². The average molecular weight is 272 g/mol. The summed E-state index contributed by atoms with van der Waals surface area (Å²) >= 11 is 0. The maximum absolute atomic E-state index is 12.3.